The molecule has 0 atom stereocenters. The number of rotatable bonds is 1. The summed E-state index contributed by atoms with van der Waals surface area (Å²) in [6.45, 7) is 8.30. The summed E-state index contributed by atoms with van der Waals surface area (Å²) >= 11 is 0. The van der Waals surface area contributed by atoms with E-state index in [0.717, 1.165) is 6.42 Å². The third-order valence-electron chi connectivity index (χ3n) is 2.79. The van der Waals surface area contributed by atoms with Gasteiger partial charge in [-0.05, 0) is 42.5 Å². The molecule has 0 saturated heterocycles. The first-order valence-electron chi connectivity index (χ1n) is 5.33. The first kappa shape index (κ1) is 9.97. The second-order valence-corrected chi connectivity index (χ2v) is 4.05. The molecule has 1 aromatic rings. The Kier molecular flexibility index (Phi) is 2.59. The lowest BCUT2D eigenvalue weighted by Crippen LogP contribution is -1.82. The summed E-state index contributed by atoms with van der Waals surface area (Å²) in [6.07, 6.45) is 7.28. The van der Waals surface area contributed by atoms with Crippen LogP contribution >= 0.6 is 0 Å². The highest BCUT2D eigenvalue weighted by Gasteiger charge is 2.18. The quantitative estimate of drug-likeness (QED) is 0.635. The molecule has 0 fully saturated rings. The molecule has 0 nitrogen and oxygen atoms in total. The molecule has 0 heteroatoms. The van der Waals surface area contributed by atoms with Gasteiger partial charge in [-0.25, -0.2) is 0 Å². The van der Waals surface area contributed by atoms with Gasteiger partial charge in [-0.15, -0.1) is 0 Å². The second kappa shape index (κ2) is 3.90. The Morgan fingerprint density at radius 3 is 2.87 bits per heavy atom. The highest BCUT2D eigenvalue weighted by Crippen LogP contribution is 2.35. The van der Waals surface area contributed by atoms with Crippen molar-refractivity contribution < 1.29 is 0 Å². The molecule has 76 valence electrons. The molecule has 0 amide bonds. The van der Waals surface area contributed by atoms with Crippen LogP contribution in [0.25, 0.3) is 5.57 Å². The van der Waals surface area contributed by atoms with E-state index in [4.69, 9.17) is 0 Å². The van der Waals surface area contributed by atoms with Gasteiger partial charge >= 0.3 is 0 Å². The van der Waals surface area contributed by atoms with Crippen LogP contribution in [0.15, 0.2) is 48.6 Å². The lowest BCUT2D eigenvalue weighted by atomic mass is 10.0. The Bertz CT molecular complexity index is 459. The predicted octanol–water partition coefficient (Wildman–Crippen LogP) is 4.07. The van der Waals surface area contributed by atoms with Crippen LogP contribution in [-0.4, -0.2) is 0 Å². The third-order valence-corrected chi connectivity index (χ3v) is 2.79. The fourth-order valence-electron chi connectivity index (χ4n) is 2.05. The van der Waals surface area contributed by atoms with Gasteiger partial charge in [-0.2, -0.15) is 0 Å². The summed E-state index contributed by atoms with van der Waals surface area (Å²) in [5.41, 5.74) is 6.62. The van der Waals surface area contributed by atoms with Crippen molar-refractivity contribution in [2.45, 2.75) is 20.3 Å². The number of hydrogen-bond acceptors (Lipinski definition) is 0. The van der Waals surface area contributed by atoms with Crippen LogP contribution in [-0.2, 0) is 6.42 Å². The van der Waals surface area contributed by atoms with E-state index < -0.39 is 0 Å². The Morgan fingerprint density at radius 1 is 1.33 bits per heavy atom. The largest absolute Gasteiger partial charge is 0.0949 e. The summed E-state index contributed by atoms with van der Waals surface area (Å²) in [5.74, 6) is 0. The molecule has 1 aromatic carbocycles. The molecule has 0 radical (unpaired) electrons. The van der Waals surface area contributed by atoms with Crippen molar-refractivity contribution >= 4 is 5.57 Å². The van der Waals surface area contributed by atoms with E-state index in [0.29, 0.717) is 0 Å². The zero-order valence-corrected chi connectivity index (χ0v) is 9.38. The maximum atomic E-state index is 4.13. The summed E-state index contributed by atoms with van der Waals surface area (Å²) < 4.78 is 0. The van der Waals surface area contributed by atoms with Crippen molar-refractivity contribution in [1.29, 1.82) is 0 Å². The zero-order chi connectivity index (χ0) is 10.8. The van der Waals surface area contributed by atoms with Crippen LogP contribution < -0.4 is 0 Å². The Morgan fingerprint density at radius 2 is 2.13 bits per heavy atom. The number of aryl methyl sites for hydroxylation is 1. The van der Waals surface area contributed by atoms with Crippen molar-refractivity contribution in [1.82, 2.24) is 0 Å². The zero-order valence-electron chi connectivity index (χ0n) is 9.38. The van der Waals surface area contributed by atoms with E-state index >= 15 is 0 Å². The molecule has 0 bridgehead atoms. The molecule has 2 rings (SSSR count). The first-order chi connectivity index (χ1) is 7.22. The molecule has 0 N–H and O–H groups in total. The van der Waals surface area contributed by atoms with E-state index in [9.17, 15) is 0 Å². The van der Waals surface area contributed by atoms with Crippen LogP contribution in [0, 0.1) is 6.92 Å². The molecular formula is C15H16. The van der Waals surface area contributed by atoms with Crippen LogP contribution in [0.5, 0.6) is 0 Å². The normalized spacial score (nSPS) is 17.7. The highest BCUT2D eigenvalue weighted by atomic mass is 14.2. The van der Waals surface area contributed by atoms with E-state index in [1.54, 1.807) is 0 Å². The minimum Gasteiger partial charge on any atom is -0.0949 e. The van der Waals surface area contributed by atoms with Crippen molar-refractivity contribution in [3.05, 3.63) is 65.3 Å². The summed E-state index contributed by atoms with van der Waals surface area (Å²) in [4.78, 5) is 0. The molecule has 0 spiro atoms. The van der Waals surface area contributed by atoms with E-state index in [1.165, 1.54) is 27.8 Å². The Balaban J connectivity index is 2.51. The standard InChI is InChI=1S/C15H16/c1-4-5-6-14-12(3)10-13-9-11(2)7-8-15(13)14/h4-9H,3,10H2,1-2H3/b5-4-,14-6+. The van der Waals surface area contributed by atoms with Crippen molar-refractivity contribution in [3.8, 4) is 0 Å². The molecule has 0 unspecified atom stereocenters. The number of benzene rings is 1. The van der Waals surface area contributed by atoms with Crippen molar-refractivity contribution in [2.75, 3.05) is 0 Å². The molecule has 0 saturated carbocycles. The Labute approximate surface area is 91.6 Å². The fourth-order valence-corrected chi connectivity index (χ4v) is 2.05. The van der Waals surface area contributed by atoms with Crippen molar-refractivity contribution in [3.63, 3.8) is 0 Å². The van der Waals surface area contributed by atoms with E-state index in [-0.39, 0.29) is 0 Å². The minimum absolute atomic E-state index is 1.00. The fraction of sp³-hybridized carbons (Fsp3) is 0.200. The van der Waals surface area contributed by atoms with Crippen LogP contribution in [0.4, 0.5) is 0 Å². The SMILES string of the molecule is C=C1Cc2cc(C)ccc2/C1=C/C=C\C. The molecule has 1 aliphatic rings. The van der Waals surface area contributed by atoms with Gasteiger partial charge in [0.05, 0.1) is 0 Å². The molecule has 0 aliphatic heterocycles. The average molecular weight is 196 g/mol. The maximum Gasteiger partial charge on any atom is -0.00192 e. The number of fused-ring (bicyclic) bond motifs is 1. The van der Waals surface area contributed by atoms with Gasteiger partial charge in [0.2, 0.25) is 0 Å². The van der Waals surface area contributed by atoms with E-state index in [1.807, 2.05) is 13.0 Å². The Hall–Kier alpha value is -1.56. The molecule has 15 heavy (non-hydrogen) atoms. The molecule has 0 aromatic heterocycles. The summed E-state index contributed by atoms with van der Waals surface area (Å²) in [5, 5.41) is 0. The van der Waals surface area contributed by atoms with Gasteiger partial charge in [-0.1, -0.05) is 48.6 Å². The predicted molar refractivity (Wildman–Crippen MR) is 66.8 cm³/mol. The van der Waals surface area contributed by atoms with Gasteiger partial charge in [0.1, 0.15) is 0 Å². The average Bonchev–Trinajstić information content (AvgIpc) is 2.50. The van der Waals surface area contributed by atoms with Gasteiger partial charge in [0.15, 0.2) is 0 Å². The smallest absolute Gasteiger partial charge is 0.00192 e. The summed E-state index contributed by atoms with van der Waals surface area (Å²) in [6, 6.07) is 6.64. The lowest BCUT2D eigenvalue weighted by Gasteiger charge is -2.01. The van der Waals surface area contributed by atoms with Gasteiger partial charge in [0, 0.05) is 0 Å². The monoisotopic (exact) mass is 196 g/mol. The van der Waals surface area contributed by atoms with Gasteiger partial charge < -0.3 is 0 Å². The first-order valence-corrected chi connectivity index (χ1v) is 5.33. The molecule has 0 heterocycles. The second-order valence-electron chi connectivity index (χ2n) is 4.05. The van der Waals surface area contributed by atoms with Gasteiger partial charge in [0.25, 0.3) is 0 Å². The number of allylic oxidation sites excluding steroid dienone is 5. The molecular weight excluding hydrogens is 180 g/mol. The highest BCUT2D eigenvalue weighted by molar-refractivity contribution is 5.86. The van der Waals surface area contributed by atoms with Crippen molar-refractivity contribution in [2.24, 2.45) is 0 Å². The van der Waals surface area contributed by atoms with Crippen LogP contribution in [0.2, 0.25) is 0 Å². The van der Waals surface area contributed by atoms with E-state index in [2.05, 4.69) is 43.9 Å². The van der Waals surface area contributed by atoms with Gasteiger partial charge in [-0.3, -0.25) is 0 Å². The van der Waals surface area contributed by atoms with Crippen LogP contribution in [0.1, 0.15) is 23.6 Å². The topological polar surface area (TPSA) is 0 Å². The van der Waals surface area contributed by atoms with Crippen LogP contribution in [0.3, 0.4) is 0 Å². The summed E-state index contributed by atoms with van der Waals surface area (Å²) in [7, 11) is 0. The molecule has 1 aliphatic carbocycles. The maximum absolute atomic E-state index is 4.13. The minimum atomic E-state index is 1.00. The lowest BCUT2D eigenvalue weighted by molar-refractivity contribution is 1.26. The number of hydrogen-bond donors (Lipinski definition) is 0. The third kappa shape index (κ3) is 1.80.